The average molecular weight is 347 g/mol. The second-order valence-corrected chi connectivity index (χ2v) is 6.44. The molecule has 1 aliphatic rings. The Morgan fingerprint density at radius 2 is 1.77 bits per heavy atom. The first-order valence-corrected chi connectivity index (χ1v) is 9.01. The minimum absolute atomic E-state index is 0.197. The number of hydrogen-bond acceptors (Lipinski definition) is 5. The summed E-state index contributed by atoms with van der Waals surface area (Å²) in [6.45, 7) is 2.50. The van der Waals surface area contributed by atoms with Crippen molar-refractivity contribution in [2.24, 2.45) is 0 Å². The van der Waals surface area contributed by atoms with Crippen molar-refractivity contribution in [2.75, 3.05) is 24.5 Å². The predicted octanol–water partition coefficient (Wildman–Crippen LogP) is 2.60. The highest BCUT2D eigenvalue weighted by atomic mass is 16.1. The molecule has 1 fully saturated rings. The summed E-state index contributed by atoms with van der Waals surface area (Å²) >= 11 is 0. The number of benzene rings is 1. The second kappa shape index (κ2) is 7.47. The topological polar surface area (TPSA) is 71.0 Å². The van der Waals surface area contributed by atoms with Crippen molar-refractivity contribution in [1.82, 2.24) is 20.5 Å². The maximum absolute atomic E-state index is 12.6. The van der Waals surface area contributed by atoms with Crippen LogP contribution in [0.25, 0.3) is 10.8 Å². The summed E-state index contributed by atoms with van der Waals surface area (Å²) in [6, 6.07) is 13.6. The van der Waals surface area contributed by atoms with Gasteiger partial charge in [0.1, 0.15) is 0 Å². The fourth-order valence-electron chi connectivity index (χ4n) is 3.35. The molecule has 0 spiro atoms. The normalized spacial score (nSPS) is 13.9. The SMILES string of the molecule is O=C(NCCc1ccccn1)c1nnc(N2CCCC2)c2ccccc12. The molecule has 4 rings (SSSR count). The smallest absolute Gasteiger partial charge is 0.272 e. The van der Waals surface area contributed by atoms with Crippen molar-refractivity contribution in [3.8, 4) is 0 Å². The minimum atomic E-state index is -0.197. The molecule has 0 aliphatic carbocycles. The molecule has 0 unspecified atom stereocenters. The number of carbonyl (C=O) groups excluding carboxylic acids is 1. The third-order valence-electron chi connectivity index (χ3n) is 4.68. The van der Waals surface area contributed by atoms with Crippen LogP contribution in [0.3, 0.4) is 0 Å². The van der Waals surface area contributed by atoms with E-state index >= 15 is 0 Å². The van der Waals surface area contributed by atoms with E-state index in [0.29, 0.717) is 18.7 Å². The van der Waals surface area contributed by atoms with E-state index in [4.69, 9.17) is 0 Å². The molecule has 1 amide bonds. The summed E-state index contributed by atoms with van der Waals surface area (Å²) in [5.74, 6) is 0.681. The van der Waals surface area contributed by atoms with E-state index in [-0.39, 0.29) is 5.91 Å². The average Bonchev–Trinajstić information content (AvgIpc) is 3.22. The number of amides is 1. The van der Waals surface area contributed by atoms with Crippen LogP contribution in [0.2, 0.25) is 0 Å². The van der Waals surface area contributed by atoms with Crippen molar-refractivity contribution in [3.05, 3.63) is 60.0 Å². The molecule has 26 heavy (non-hydrogen) atoms. The molecule has 1 saturated heterocycles. The van der Waals surface area contributed by atoms with Crippen LogP contribution >= 0.6 is 0 Å². The third-order valence-corrected chi connectivity index (χ3v) is 4.68. The minimum Gasteiger partial charge on any atom is -0.355 e. The number of pyridine rings is 1. The second-order valence-electron chi connectivity index (χ2n) is 6.44. The van der Waals surface area contributed by atoms with Gasteiger partial charge in [0.05, 0.1) is 0 Å². The number of rotatable bonds is 5. The maximum atomic E-state index is 12.6. The maximum Gasteiger partial charge on any atom is 0.272 e. The molecule has 3 heterocycles. The zero-order valence-corrected chi connectivity index (χ0v) is 14.6. The molecule has 3 aromatic rings. The lowest BCUT2D eigenvalue weighted by Gasteiger charge is -2.18. The highest BCUT2D eigenvalue weighted by molar-refractivity contribution is 6.07. The van der Waals surface area contributed by atoms with Crippen LogP contribution in [0.1, 0.15) is 29.0 Å². The Labute approximate surface area is 152 Å². The van der Waals surface area contributed by atoms with Crippen LogP contribution < -0.4 is 10.2 Å². The quantitative estimate of drug-likeness (QED) is 0.768. The number of anilines is 1. The van der Waals surface area contributed by atoms with Crippen LogP contribution in [0, 0.1) is 0 Å². The zero-order valence-electron chi connectivity index (χ0n) is 14.6. The molecule has 6 heteroatoms. The summed E-state index contributed by atoms with van der Waals surface area (Å²) in [7, 11) is 0. The number of aromatic nitrogens is 3. The lowest BCUT2D eigenvalue weighted by atomic mass is 10.1. The Morgan fingerprint density at radius 3 is 2.54 bits per heavy atom. The van der Waals surface area contributed by atoms with Gasteiger partial charge in [-0.1, -0.05) is 30.3 Å². The van der Waals surface area contributed by atoms with E-state index < -0.39 is 0 Å². The highest BCUT2D eigenvalue weighted by Gasteiger charge is 2.20. The Kier molecular flexibility index (Phi) is 4.73. The fourth-order valence-corrected chi connectivity index (χ4v) is 3.35. The summed E-state index contributed by atoms with van der Waals surface area (Å²) in [5.41, 5.74) is 1.33. The molecule has 2 aromatic heterocycles. The third kappa shape index (κ3) is 3.35. The molecule has 132 valence electrons. The van der Waals surface area contributed by atoms with E-state index in [1.54, 1.807) is 6.20 Å². The zero-order chi connectivity index (χ0) is 17.8. The number of nitrogens with zero attached hydrogens (tertiary/aromatic N) is 4. The van der Waals surface area contributed by atoms with Gasteiger partial charge in [-0.05, 0) is 25.0 Å². The predicted molar refractivity (Wildman–Crippen MR) is 101 cm³/mol. The van der Waals surface area contributed by atoms with Gasteiger partial charge < -0.3 is 10.2 Å². The number of fused-ring (bicyclic) bond motifs is 1. The first-order chi connectivity index (χ1) is 12.8. The monoisotopic (exact) mass is 347 g/mol. The fraction of sp³-hybridized carbons (Fsp3) is 0.300. The molecule has 1 N–H and O–H groups in total. The van der Waals surface area contributed by atoms with Crippen LogP contribution in [-0.2, 0) is 6.42 Å². The van der Waals surface area contributed by atoms with Gasteiger partial charge in [0, 0.05) is 48.7 Å². The first-order valence-electron chi connectivity index (χ1n) is 9.01. The van der Waals surface area contributed by atoms with Gasteiger partial charge in [-0.15, -0.1) is 10.2 Å². The summed E-state index contributed by atoms with van der Waals surface area (Å²) in [4.78, 5) is 19.2. The van der Waals surface area contributed by atoms with Crippen molar-refractivity contribution in [2.45, 2.75) is 19.3 Å². The molecule has 1 aromatic carbocycles. The van der Waals surface area contributed by atoms with Gasteiger partial charge in [0.25, 0.3) is 5.91 Å². The van der Waals surface area contributed by atoms with E-state index in [2.05, 4.69) is 25.4 Å². The molecule has 0 bridgehead atoms. The first kappa shape index (κ1) is 16.4. The Balaban J connectivity index is 1.54. The molecule has 0 atom stereocenters. The number of hydrogen-bond donors (Lipinski definition) is 1. The van der Waals surface area contributed by atoms with Crippen molar-refractivity contribution < 1.29 is 4.79 Å². The van der Waals surface area contributed by atoms with Crippen molar-refractivity contribution in [3.63, 3.8) is 0 Å². The van der Waals surface area contributed by atoms with Gasteiger partial charge >= 0.3 is 0 Å². The number of nitrogens with one attached hydrogen (secondary N) is 1. The lowest BCUT2D eigenvalue weighted by molar-refractivity contribution is 0.0950. The molecule has 0 saturated carbocycles. The van der Waals surface area contributed by atoms with E-state index in [1.807, 2.05) is 42.5 Å². The largest absolute Gasteiger partial charge is 0.355 e. The Bertz CT molecular complexity index is 906. The van der Waals surface area contributed by atoms with Crippen LogP contribution in [0.5, 0.6) is 0 Å². The van der Waals surface area contributed by atoms with Gasteiger partial charge in [0.15, 0.2) is 11.5 Å². The van der Waals surface area contributed by atoms with Crippen molar-refractivity contribution in [1.29, 1.82) is 0 Å². The summed E-state index contributed by atoms with van der Waals surface area (Å²) in [6.07, 6.45) is 4.79. The Morgan fingerprint density at radius 1 is 1.00 bits per heavy atom. The molecular weight excluding hydrogens is 326 g/mol. The molecule has 6 nitrogen and oxygen atoms in total. The van der Waals surface area contributed by atoms with Gasteiger partial charge in [0.2, 0.25) is 0 Å². The van der Waals surface area contributed by atoms with Crippen molar-refractivity contribution >= 4 is 22.5 Å². The van der Waals surface area contributed by atoms with Gasteiger partial charge in [-0.3, -0.25) is 9.78 Å². The molecule has 1 aliphatic heterocycles. The standard InChI is InChI=1S/C20H21N5O/c26-20(22-12-10-15-7-3-4-11-21-15)18-16-8-1-2-9-17(16)19(24-23-18)25-13-5-6-14-25/h1-4,7-9,11H,5-6,10,12-14H2,(H,22,26). The van der Waals surface area contributed by atoms with Crippen LogP contribution in [0.15, 0.2) is 48.7 Å². The summed E-state index contributed by atoms with van der Waals surface area (Å²) in [5, 5.41) is 13.4. The van der Waals surface area contributed by atoms with Gasteiger partial charge in [-0.2, -0.15) is 0 Å². The highest BCUT2D eigenvalue weighted by Crippen LogP contribution is 2.28. The van der Waals surface area contributed by atoms with E-state index in [9.17, 15) is 4.79 Å². The van der Waals surface area contributed by atoms with E-state index in [0.717, 1.165) is 35.4 Å². The van der Waals surface area contributed by atoms with Crippen LogP contribution in [-0.4, -0.2) is 40.7 Å². The van der Waals surface area contributed by atoms with Crippen LogP contribution in [0.4, 0.5) is 5.82 Å². The lowest BCUT2D eigenvalue weighted by Crippen LogP contribution is -2.28. The summed E-state index contributed by atoms with van der Waals surface area (Å²) < 4.78 is 0. The molecular formula is C20H21N5O. The molecule has 0 radical (unpaired) electrons. The van der Waals surface area contributed by atoms with Gasteiger partial charge in [-0.25, -0.2) is 0 Å². The Hall–Kier alpha value is -3.02. The number of carbonyl (C=O) groups is 1. The van der Waals surface area contributed by atoms with E-state index in [1.165, 1.54) is 12.8 Å².